The van der Waals surface area contributed by atoms with Gasteiger partial charge in [0.25, 0.3) is 0 Å². The summed E-state index contributed by atoms with van der Waals surface area (Å²) in [6.45, 7) is 3.17. The third kappa shape index (κ3) is 2.36. The minimum atomic E-state index is 0.0769. The van der Waals surface area contributed by atoms with Crippen LogP contribution in [-0.4, -0.2) is 11.8 Å². The number of pyridine rings is 1. The Hall–Kier alpha value is -2.07. The van der Waals surface area contributed by atoms with Gasteiger partial charge < -0.3 is 14.8 Å². The second-order valence-electron chi connectivity index (χ2n) is 5.83. The van der Waals surface area contributed by atoms with E-state index >= 15 is 0 Å². The zero-order chi connectivity index (χ0) is 14.3. The number of benzene rings is 1. The molecule has 1 N–H and O–H groups in total. The number of fused-ring (bicyclic) bond motifs is 1. The van der Waals surface area contributed by atoms with Crippen molar-refractivity contribution in [1.29, 1.82) is 0 Å². The summed E-state index contributed by atoms with van der Waals surface area (Å²) >= 11 is 0. The molecule has 4 nitrogen and oxygen atoms in total. The minimum Gasteiger partial charge on any atom is -0.454 e. The Morgan fingerprint density at radius 2 is 2.00 bits per heavy atom. The van der Waals surface area contributed by atoms with Crippen molar-refractivity contribution in [3.05, 3.63) is 53.3 Å². The van der Waals surface area contributed by atoms with Crippen molar-refractivity contribution in [2.45, 2.75) is 31.8 Å². The van der Waals surface area contributed by atoms with Crippen LogP contribution in [0.15, 0.2) is 36.5 Å². The average Bonchev–Trinajstić information content (AvgIpc) is 3.16. The normalized spacial score (nSPS) is 17.8. The zero-order valence-electron chi connectivity index (χ0n) is 12.1. The number of rotatable bonds is 4. The molecule has 4 rings (SSSR count). The lowest BCUT2D eigenvalue weighted by atomic mass is 10.0. The molecule has 0 bridgehead atoms. The van der Waals surface area contributed by atoms with Crippen LogP contribution >= 0.6 is 0 Å². The van der Waals surface area contributed by atoms with E-state index < -0.39 is 0 Å². The number of aromatic nitrogens is 1. The lowest BCUT2D eigenvalue weighted by Gasteiger charge is -2.18. The van der Waals surface area contributed by atoms with Crippen molar-refractivity contribution in [3.8, 4) is 11.5 Å². The minimum absolute atomic E-state index is 0.0769. The summed E-state index contributed by atoms with van der Waals surface area (Å²) in [5.74, 6) is 1.70. The lowest BCUT2D eigenvalue weighted by Crippen LogP contribution is -2.28. The van der Waals surface area contributed by atoms with Gasteiger partial charge in [-0.3, -0.25) is 4.98 Å². The molecule has 1 aliphatic carbocycles. The maximum Gasteiger partial charge on any atom is 0.231 e. The molecule has 1 aliphatic heterocycles. The summed E-state index contributed by atoms with van der Waals surface area (Å²) in [6, 6.07) is 10.4. The molecule has 4 heteroatoms. The van der Waals surface area contributed by atoms with Gasteiger partial charge in [-0.25, -0.2) is 0 Å². The number of nitrogens with one attached hydrogen (secondary N) is 1. The fraction of sp³-hybridized carbons (Fsp3) is 0.353. The SMILES string of the molecule is Cc1ccc(CNC2(c3ccc4c(c3)OCO4)CC2)nc1. The maximum absolute atomic E-state index is 5.48. The summed E-state index contributed by atoms with van der Waals surface area (Å²) in [7, 11) is 0. The molecular weight excluding hydrogens is 264 g/mol. The Kier molecular flexibility index (Phi) is 2.86. The van der Waals surface area contributed by atoms with Gasteiger partial charge in [0.2, 0.25) is 6.79 Å². The zero-order valence-corrected chi connectivity index (χ0v) is 12.1. The van der Waals surface area contributed by atoms with Crippen LogP contribution in [0.4, 0.5) is 0 Å². The highest BCUT2D eigenvalue weighted by Gasteiger charge is 2.44. The number of ether oxygens (including phenoxy) is 2. The van der Waals surface area contributed by atoms with E-state index in [1.165, 1.54) is 11.1 Å². The second kappa shape index (κ2) is 4.74. The number of hydrogen-bond donors (Lipinski definition) is 1. The number of aryl methyl sites for hydroxylation is 1. The van der Waals surface area contributed by atoms with Crippen LogP contribution in [0, 0.1) is 6.92 Å². The van der Waals surface area contributed by atoms with Gasteiger partial charge in [0.05, 0.1) is 5.69 Å². The van der Waals surface area contributed by atoms with Gasteiger partial charge in [0.15, 0.2) is 11.5 Å². The maximum atomic E-state index is 5.48. The molecule has 0 radical (unpaired) electrons. The molecule has 1 saturated carbocycles. The van der Waals surface area contributed by atoms with Crippen molar-refractivity contribution >= 4 is 0 Å². The topological polar surface area (TPSA) is 43.4 Å². The van der Waals surface area contributed by atoms with E-state index in [0.717, 1.165) is 36.6 Å². The monoisotopic (exact) mass is 282 g/mol. The average molecular weight is 282 g/mol. The quantitative estimate of drug-likeness (QED) is 0.936. The van der Waals surface area contributed by atoms with E-state index in [1.54, 1.807) is 0 Å². The summed E-state index contributed by atoms with van der Waals surface area (Å²) < 4.78 is 10.9. The number of nitrogens with zero attached hydrogens (tertiary/aromatic N) is 1. The summed E-state index contributed by atoms with van der Waals surface area (Å²) in [4.78, 5) is 4.45. The molecule has 1 fully saturated rings. The first-order valence-electron chi connectivity index (χ1n) is 7.32. The van der Waals surface area contributed by atoms with Crippen LogP contribution in [0.5, 0.6) is 11.5 Å². The lowest BCUT2D eigenvalue weighted by molar-refractivity contribution is 0.174. The molecule has 21 heavy (non-hydrogen) atoms. The summed E-state index contributed by atoms with van der Waals surface area (Å²) in [5.41, 5.74) is 3.62. The smallest absolute Gasteiger partial charge is 0.231 e. The molecule has 0 amide bonds. The highest BCUT2D eigenvalue weighted by molar-refractivity contribution is 5.47. The molecule has 2 aliphatic rings. The molecular formula is C17H18N2O2. The van der Waals surface area contributed by atoms with E-state index in [9.17, 15) is 0 Å². The van der Waals surface area contributed by atoms with Gasteiger partial charge >= 0.3 is 0 Å². The highest BCUT2D eigenvalue weighted by atomic mass is 16.7. The Morgan fingerprint density at radius 1 is 1.14 bits per heavy atom. The van der Waals surface area contributed by atoms with Crippen molar-refractivity contribution in [2.24, 2.45) is 0 Å². The van der Waals surface area contributed by atoms with Crippen LogP contribution in [0.3, 0.4) is 0 Å². The molecule has 1 aromatic heterocycles. The Morgan fingerprint density at radius 3 is 2.76 bits per heavy atom. The molecule has 2 heterocycles. The van der Waals surface area contributed by atoms with Gasteiger partial charge in [-0.15, -0.1) is 0 Å². The van der Waals surface area contributed by atoms with Gasteiger partial charge in [0, 0.05) is 18.3 Å². The summed E-state index contributed by atoms with van der Waals surface area (Å²) in [5, 5.41) is 3.65. The van der Waals surface area contributed by atoms with Crippen molar-refractivity contribution in [3.63, 3.8) is 0 Å². The highest BCUT2D eigenvalue weighted by Crippen LogP contribution is 2.48. The van der Waals surface area contributed by atoms with Crippen molar-refractivity contribution < 1.29 is 9.47 Å². The molecule has 0 saturated heterocycles. The van der Waals surface area contributed by atoms with E-state index in [1.807, 2.05) is 12.3 Å². The largest absolute Gasteiger partial charge is 0.454 e. The van der Waals surface area contributed by atoms with E-state index in [4.69, 9.17) is 9.47 Å². The number of hydrogen-bond acceptors (Lipinski definition) is 4. The third-order valence-corrected chi connectivity index (χ3v) is 4.26. The van der Waals surface area contributed by atoms with Crippen LogP contribution in [0.1, 0.15) is 29.7 Å². The molecule has 2 aromatic rings. The molecule has 1 aromatic carbocycles. The van der Waals surface area contributed by atoms with Crippen molar-refractivity contribution in [2.75, 3.05) is 6.79 Å². The van der Waals surface area contributed by atoms with Crippen LogP contribution < -0.4 is 14.8 Å². The van der Waals surface area contributed by atoms with E-state index in [0.29, 0.717) is 6.79 Å². The Bertz CT molecular complexity index is 663. The molecule has 0 spiro atoms. The van der Waals surface area contributed by atoms with E-state index in [-0.39, 0.29) is 5.54 Å². The van der Waals surface area contributed by atoms with Crippen LogP contribution in [-0.2, 0) is 12.1 Å². The third-order valence-electron chi connectivity index (χ3n) is 4.26. The van der Waals surface area contributed by atoms with Gasteiger partial charge in [-0.2, -0.15) is 0 Å². The molecule has 0 unspecified atom stereocenters. The Labute approximate surface area is 124 Å². The predicted octanol–water partition coefficient (Wildman–Crippen LogP) is 2.90. The van der Waals surface area contributed by atoms with Gasteiger partial charge in [-0.1, -0.05) is 12.1 Å². The fourth-order valence-corrected chi connectivity index (χ4v) is 2.75. The van der Waals surface area contributed by atoms with Crippen LogP contribution in [0.25, 0.3) is 0 Å². The first-order valence-corrected chi connectivity index (χ1v) is 7.32. The van der Waals surface area contributed by atoms with Crippen molar-refractivity contribution in [1.82, 2.24) is 10.3 Å². The van der Waals surface area contributed by atoms with Crippen LogP contribution in [0.2, 0.25) is 0 Å². The van der Waals surface area contributed by atoms with Gasteiger partial charge in [0.1, 0.15) is 0 Å². The molecule has 0 atom stereocenters. The first kappa shape index (κ1) is 12.7. The second-order valence-corrected chi connectivity index (χ2v) is 5.83. The summed E-state index contributed by atoms with van der Waals surface area (Å²) in [6.07, 6.45) is 4.22. The standard InChI is InChI=1S/C17H18N2O2/c1-12-2-4-14(18-9-12)10-19-17(6-7-17)13-3-5-15-16(8-13)21-11-20-15/h2-5,8-9,19H,6-7,10-11H2,1H3. The van der Waals surface area contributed by atoms with Gasteiger partial charge in [-0.05, 0) is 49.1 Å². The molecule has 108 valence electrons. The predicted molar refractivity (Wildman–Crippen MR) is 79.3 cm³/mol. The van der Waals surface area contributed by atoms with E-state index in [2.05, 4.69) is 41.5 Å². The fourth-order valence-electron chi connectivity index (χ4n) is 2.75. The first-order chi connectivity index (χ1) is 10.3. The Balaban J connectivity index is 1.50.